The first kappa shape index (κ1) is 23.4. The van der Waals surface area contributed by atoms with Crippen molar-refractivity contribution in [3.05, 3.63) is 0 Å². The topological polar surface area (TPSA) is 87.9 Å². The Labute approximate surface area is 168 Å². The van der Waals surface area contributed by atoms with Crippen LogP contribution in [0.4, 0.5) is 0 Å². The Morgan fingerprint density at radius 1 is 1.19 bits per heavy atom. The van der Waals surface area contributed by atoms with Crippen LogP contribution in [0.1, 0.15) is 32.1 Å². The first-order valence-corrected chi connectivity index (χ1v) is 9.22. The highest BCUT2D eigenvalue weighted by Crippen LogP contribution is 2.29. The highest BCUT2D eigenvalue weighted by molar-refractivity contribution is 5.89. The number of morpholine rings is 1. The van der Waals surface area contributed by atoms with E-state index in [1.807, 2.05) is 4.90 Å². The fraction of sp³-hybridized carbons (Fsp3) is 0.882. The number of ether oxygens (including phenoxy) is 1. The summed E-state index contributed by atoms with van der Waals surface area (Å²) in [6, 6.07) is 0. The van der Waals surface area contributed by atoms with E-state index in [1.54, 1.807) is 0 Å². The summed E-state index contributed by atoms with van der Waals surface area (Å²) in [6.07, 6.45) is 4.47. The molecule has 3 rings (SSSR count). The molecule has 2 saturated heterocycles. The second kappa shape index (κ2) is 10.7. The minimum absolute atomic E-state index is 0. The van der Waals surface area contributed by atoms with Gasteiger partial charge in [-0.25, -0.2) is 0 Å². The SMILES string of the molecule is Cl.Cl.NCC1(NC(=O)C2CC(=O)N(CCN3CCOCC3)C2)CCCC1. The van der Waals surface area contributed by atoms with Crippen molar-refractivity contribution in [3.63, 3.8) is 0 Å². The van der Waals surface area contributed by atoms with Crippen LogP contribution >= 0.6 is 24.8 Å². The van der Waals surface area contributed by atoms with Gasteiger partial charge in [-0.15, -0.1) is 24.8 Å². The molecule has 2 aliphatic heterocycles. The smallest absolute Gasteiger partial charge is 0.225 e. The van der Waals surface area contributed by atoms with Gasteiger partial charge in [0.05, 0.1) is 24.7 Å². The predicted octanol–water partition coefficient (Wildman–Crippen LogP) is 0.398. The number of carbonyl (C=O) groups excluding carboxylic acids is 2. The lowest BCUT2D eigenvalue weighted by Gasteiger charge is -2.30. The first-order chi connectivity index (χ1) is 11.6. The summed E-state index contributed by atoms with van der Waals surface area (Å²) in [5.74, 6) is -0.132. The fourth-order valence-corrected chi connectivity index (χ4v) is 4.05. The molecule has 3 aliphatic rings. The molecule has 2 heterocycles. The number of nitrogens with zero attached hydrogens (tertiary/aromatic N) is 2. The molecule has 0 spiro atoms. The lowest BCUT2D eigenvalue weighted by atomic mass is 9.96. The lowest BCUT2D eigenvalue weighted by molar-refractivity contribution is -0.129. The Hall–Kier alpha value is -0.600. The van der Waals surface area contributed by atoms with Crippen LogP contribution in [-0.2, 0) is 14.3 Å². The first-order valence-electron chi connectivity index (χ1n) is 9.22. The number of nitrogens with one attached hydrogen (secondary N) is 1. The van der Waals surface area contributed by atoms with E-state index in [1.165, 1.54) is 0 Å². The Morgan fingerprint density at radius 3 is 2.46 bits per heavy atom. The van der Waals surface area contributed by atoms with Crippen LogP contribution in [0.3, 0.4) is 0 Å². The molecule has 1 aliphatic carbocycles. The summed E-state index contributed by atoms with van der Waals surface area (Å²) in [4.78, 5) is 29.0. The largest absolute Gasteiger partial charge is 0.379 e. The van der Waals surface area contributed by atoms with Gasteiger partial charge in [-0.05, 0) is 12.8 Å². The van der Waals surface area contributed by atoms with E-state index < -0.39 is 0 Å². The average Bonchev–Trinajstić information content (AvgIpc) is 3.21. The number of hydrogen-bond acceptors (Lipinski definition) is 5. The number of halogens is 2. The monoisotopic (exact) mass is 410 g/mol. The third-order valence-electron chi connectivity index (χ3n) is 5.71. The molecule has 9 heteroatoms. The predicted molar refractivity (Wildman–Crippen MR) is 105 cm³/mol. The van der Waals surface area contributed by atoms with E-state index in [2.05, 4.69) is 10.2 Å². The van der Waals surface area contributed by atoms with Gasteiger partial charge in [0.15, 0.2) is 0 Å². The Morgan fingerprint density at radius 2 is 1.85 bits per heavy atom. The molecular formula is C17H32Cl2N4O3. The summed E-state index contributed by atoms with van der Waals surface area (Å²) in [7, 11) is 0. The summed E-state index contributed by atoms with van der Waals surface area (Å²) >= 11 is 0. The van der Waals surface area contributed by atoms with Crippen LogP contribution in [0.2, 0.25) is 0 Å². The quantitative estimate of drug-likeness (QED) is 0.661. The molecule has 0 bridgehead atoms. The van der Waals surface area contributed by atoms with Crippen molar-refractivity contribution in [2.75, 3.05) is 52.5 Å². The molecule has 7 nitrogen and oxygen atoms in total. The third kappa shape index (κ3) is 5.70. The Kier molecular flexibility index (Phi) is 9.61. The second-order valence-electron chi connectivity index (χ2n) is 7.38. The maximum Gasteiger partial charge on any atom is 0.225 e. The van der Waals surface area contributed by atoms with Gasteiger partial charge in [-0.3, -0.25) is 14.5 Å². The zero-order chi connectivity index (χ0) is 17.0. The third-order valence-corrected chi connectivity index (χ3v) is 5.71. The highest BCUT2D eigenvalue weighted by atomic mass is 35.5. The van der Waals surface area contributed by atoms with E-state index in [0.29, 0.717) is 26.1 Å². The molecule has 0 aromatic carbocycles. The normalized spacial score (nSPS) is 25.5. The summed E-state index contributed by atoms with van der Waals surface area (Å²) in [5.41, 5.74) is 5.66. The number of nitrogens with two attached hydrogens (primary N) is 1. The van der Waals surface area contributed by atoms with Crippen molar-refractivity contribution in [2.45, 2.75) is 37.6 Å². The molecule has 1 unspecified atom stereocenters. The maximum absolute atomic E-state index is 12.6. The number of likely N-dealkylation sites (tertiary alicyclic amines) is 1. The van der Waals surface area contributed by atoms with Crippen molar-refractivity contribution in [1.29, 1.82) is 0 Å². The van der Waals surface area contributed by atoms with Gasteiger partial charge in [-0.2, -0.15) is 0 Å². The standard InChI is InChI=1S/C17H30N4O3.2ClH/c18-13-17(3-1-2-4-17)19-16(23)14-11-15(22)21(12-14)6-5-20-7-9-24-10-8-20;;/h14H,1-13,18H2,(H,19,23);2*1H. The molecule has 0 radical (unpaired) electrons. The highest BCUT2D eigenvalue weighted by Gasteiger charge is 2.39. The van der Waals surface area contributed by atoms with Crippen LogP contribution in [0.25, 0.3) is 0 Å². The van der Waals surface area contributed by atoms with Gasteiger partial charge < -0.3 is 20.7 Å². The zero-order valence-electron chi connectivity index (χ0n) is 15.3. The summed E-state index contributed by atoms with van der Waals surface area (Å²) in [5, 5.41) is 3.16. The lowest BCUT2D eigenvalue weighted by Crippen LogP contribution is -2.53. The zero-order valence-corrected chi connectivity index (χ0v) is 16.9. The molecule has 1 atom stereocenters. The maximum atomic E-state index is 12.6. The summed E-state index contributed by atoms with van der Waals surface area (Å²) in [6.45, 7) is 5.95. The molecule has 3 fully saturated rings. The molecule has 26 heavy (non-hydrogen) atoms. The number of carbonyl (C=O) groups is 2. The van der Waals surface area contributed by atoms with Gasteiger partial charge in [0, 0.05) is 45.7 Å². The average molecular weight is 411 g/mol. The van der Waals surface area contributed by atoms with E-state index in [0.717, 1.165) is 58.5 Å². The molecule has 152 valence electrons. The van der Waals surface area contributed by atoms with Crippen LogP contribution in [0.5, 0.6) is 0 Å². The number of hydrogen-bond donors (Lipinski definition) is 2. The fourth-order valence-electron chi connectivity index (χ4n) is 4.05. The van der Waals surface area contributed by atoms with E-state index in [9.17, 15) is 9.59 Å². The Balaban J connectivity index is 0.00000169. The van der Waals surface area contributed by atoms with Gasteiger partial charge >= 0.3 is 0 Å². The van der Waals surface area contributed by atoms with E-state index >= 15 is 0 Å². The van der Waals surface area contributed by atoms with Gasteiger partial charge in [-0.1, -0.05) is 12.8 Å². The van der Waals surface area contributed by atoms with Crippen LogP contribution < -0.4 is 11.1 Å². The van der Waals surface area contributed by atoms with Crippen LogP contribution in [-0.4, -0.2) is 79.6 Å². The van der Waals surface area contributed by atoms with Crippen molar-refractivity contribution < 1.29 is 14.3 Å². The second-order valence-corrected chi connectivity index (χ2v) is 7.38. The molecule has 2 amide bonds. The summed E-state index contributed by atoms with van der Waals surface area (Å²) < 4.78 is 5.34. The van der Waals surface area contributed by atoms with Crippen LogP contribution in [0, 0.1) is 5.92 Å². The van der Waals surface area contributed by atoms with Gasteiger partial charge in [0.25, 0.3) is 0 Å². The van der Waals surface area contributed by atoms with Gasteiger partial charge in [0.1, 0.15) is 0 Å². The molecule has 0 aromatic rings. The minimum Gasteiger partial charge on any atom is -0.379 e. The van der Waals surface area contributed by atoms with Crippen molar-refractivity contribution in [2.24, 2.45) is 11.7 Å². The van der Waals surface area contributed by atoms with Crippen molar-refractivity contribution in [3.8, 4) is 0 Å². The molecule has 1 saturated carbocycles. The van der Waals surface area contributed by atoms with E-state index in [4.69, 9.17) is 10.5 Å². The number of amides is 2. The van der Waals surface area contributed by atoms with Crippen molar-refractivity contribution in [1.82, 2.24) is 15.1 Å². The van der Waals surface area contributed by atoms with Gasteiger partial charge in [0.2, 0.25) is 11.8 Å². The Bertz CT molecular complexity index is 469. The van der Waals surface area contributed by atoms with Crippen LogP contribution in [0.15, 0.2) is 0 Å². The van der Waals surface area contributed by atoms with E-state index in [-0.39, 0.29) is 48.1 Å². The molecule has 3 N–H and O–H groups in total. The molecule has 0 aromatic heterocycles. The minimum atomic E-state index is -0.235. The van der Waals surface area contributed by atoms with Crippen molar-refractivity contribution >= 4 is 36.6 Å². The number of rotatable bonds is 6. The molecular weight excluding hydrogens is 379 g/mol.